The normalized spacial score (nSPS) is 21.2. The standard InChI is InChI=1S/C22H28ClN3O3S.ClH/c1-30(28,29)13-12-26(21(27)17-4-3-11-25-15-17)20-7-9-22(16-24,10-8-20)18-5-2-6-19(23)14-18;/h2-6,11,14-15,20H,7-10,12-13,16,24H2,1H3;1H/t20-,22+;. The first-order chi connectivity index (χ1) is 14.2. The smallest absolute Gasteiger partial charge is 0.255 e. The number of aromatic nitrogens is 1. The van der Waals surface area contributed by atoms with Crippen LogP contribution in [0.25, 0.3) is 0 Å². The van der Waals surface area contributed by atoms with Gasteiger partial charge in [-0.2, -0.15) is 0 Å². The number of hydrogen-bond donors (Lipinski definition) is 1. The van der Waals surface area contributed by atoms with Gasteiger partial charge in [0.05, 0.1) is 11.3 Å². The Kier molecular flexibility index (Phi) is 8.89. The summed E-state index contributed by atoms with van der Waals surface area (Å²) in [5.74, 6) is -0.244. The topological polar surface area (TPSA) is 93.4 Å². The lowest BCUT2D eigenvalue weighted by molar-refractivity contribution is 0.0611. The third-order valence-corrected chi connectivity index (χ3v) is 7.21. The predicted molar refractivity (Wildman–Crippen MR) is 127 cm³/mol. The van der Waals surface area contributed by atoms with E-state index in [4.69, 9.17) is 17.3 Å². The molecule has 1 aromatic carbocycles. The zero-order chi connectivity index (χ0) is 21.8. The van der Waals surface area contributed by atoms with E-state index in [0.29, 0.717) is 17.1 Å². The summed E-state index contributed by atoms with van der Waals surface area (Å²) in [6.07, 6.45) is 7.44. The van der Waals surface area contributed by atoms with Crippen molar-refractivity contribution in [1.82, 2.24) is 9.88 Å². The molecular weight excluding hydrogens is 457 g/mol. The maximum atomic E-state index is 13.2. The van der Waals surface area contributed by atoms with Gasteiger partial charge in [0.15, 0.2) is 0 Å². The van der Waals surface area contributed by atoms with Crippen LogP contribution in [0.2, 0.25) is 5.02 Å². The number of hydrogen-bond acceptors (Lipinski definition) is 5. The van der Waals surface area contributed by atoms with E-state index in [1.165, 1.54) is 12.5 Å². The molecule has 1 aromatic heterocycles. The number of carbonyl (C=O) groups is 1. The maximum absolute atomic E-state index is 13.2. The molecule has 0 bridgehead atoms. The minimum atomic E-state index is -3.19. The molecular formula is C22H29Cl2N3O3S. The summed E-state index contributed by atoms with van der Waals surface area (Å²) in [5.41, 5.74) is 7.61. The Morgan fingerprint density at radius 3 is 2.52 bits per heavy atom. The van der Waals surface area contributed by atoms with E-state index in [0.717, 1.165) is 31.2 Å². The van der Waals surface area contributed by atoms with Gasteiger partial charge in [-0.25, -0.2) is 8.42 Å². The monoisotopic (exact) mass is 485 g/mol. The third-order valence-electron chi connectivity index (χ3n) is 6.05. The predicted octanol–water partition coefficient (Wildman–Crippen LogP) is 3.48. The highest BCUT2D eigenvalue weighted by Gasteiger charge is 2.39. The number of nitrogens with zero attached hydrogens (tertiary/aromatic N) is 2. The van der Waals surface area contributed by atoms with Gasteiger partial charge in [0.1, 0.15) is 9.84 Å². The first-order valence-electron chi connectivity index (χ1n) is 10.1. The fourth-order valence-corrected chi connectivity index (χ4v) is 4.98. The SMILES string of the molecule is CS(=O)(=O)CCN(C(=O)c1cccnc1)[C@H]1CC[C@@](CN)(c2cccc(Cl)c2)CC1.Cl. The molecule has 6 nitrogen and oxygen atoms in total. The van der Waals surface area contributed by atoms with E-state index < -0.39 is 9.84 Å². The second-order valence-corrected chi connectivity index (χ2v) is 10.8. The van der Waals surface area contributed by atoms with Crippen molar-refractivity contribution in [3.8, 4) is 0 Å². The maximum Gasteiger partial charge on any atom is 0.255 e. The molecule has 1 fully saturated rings. The molecule has 0 saturated heterocycles. The van der Waals surface area contributed by atoms with Crippen LogP contribution in [0.5, 0.6) is 0 Å². The molecule has 1 aliphatic carbocycles. The third kappa shape index (κ3) is 6.42. The fraction of sp³-hybridized carbons (Fsp3) is 0.455. The van der Waals surface area contributed by atoms with Crippen molar-refractivity contribution >= 4 is 39.8 Å². The number of halogens is 2. The number of carbonyl (C=O) groups excluding carboxylic acids is 1. The molecule has 0 spiro atoms. The number of sulfone groups is 1. The van der Waals surface area contributed by atoms with Crippen LogP contribution >= 0.6 is 24.0 Å². The highest BCUT2D eigenvalue weighted by atomic mass is 35.5. The lowest BCUT2D eigenvalue weighted by Gasteiger charge is -2.43. The van der Waals surface area contributed by atoms with Crippen molar-refractivity contribution in [1.29, 1.82) is 0 Å². The second kappa shape index (κ2) is 10.8. The Morgan fingerprint density at radius 1 is 1.26 bits per heavy atom. The molecule has 3 rings (SSSR count). The zero-order valence-corrected chi connectivity index (χ0v) is 19.9. The van der Waals surface area contributed by atoms with Crippen LogP contribution in [0.15, 0.2) is 48.8 Å². The molecule has 1 aliphatic rings. The first kappa shape index (κ1) is 25.6. The number of amides is 1. The highest BCUT2D eigenvalue weighted by Crippen LogP contribution is 2.41. The average molecular weight is 486 g/mol. The lowest BCUT2D eigenvalue weighted by Crippen LogP contribution is -2.48. The van der Waals surface area contributed by atoms with Crippen LogP contribution in [0.1, 0.15) is 41.6 Å². The number of pyridine rings is 1. The van der Waals surface area contributed by atoms with Gasteiger partial charge in [-0.3, -0.25) is 9.78 Å². The number of benzene rings is 1. The molecule has 170 valence electrons. The van der Waals surface area contributed by atoms with Crippen molar-refractivity contribution in [3.05, 3.63) is 64.9 Å². The molecule has 2 aromatic rings. The van der Waals surface area contributed by atoms with E-state index in [-0.39, 0.29) is 42.1 Å². The first-order valence-corrected chi connectivity index (χ1v) is 12.5. The quantitative estimate of drug-likeness (QED) is 0.647. The van der Waals surface area contributed by atoms with Crippen molar-refractivity contribution in [2.45, 2.75) is 37.1 Å². The van der Waals surface area contributed by atoms with E-state index in [1.54, 1.807) is 23.2 Å². The van der Waals surface area contributed by atoms with Crippen molar-refractivity contribution in [2.24, 2.45) is 5.73 Å². The fourth-order valence-electron chi connectivity index (χ4n) is 4.27. The summed E-state index contributed by atoms with van der Waals surface area (Å²) in [6, 6.07) is 11.2. The van der Waals surface area contributed by atoms with Gasteiger partial charge in [-0.15, -0.1) is 12.4 Å². The lowest BCUT2D eigenvalue weighted by atomic mass is 9.68. The molecule has 31 heavy (non-hydrogen) atoms. The Balaban J connectivity index is 0.00000341. The summed E-state index contributed by atoms with van der Waals surface area (Å²) in [6.45, 7) is 0.671. The van der Waals surface area contributed by atoms with Gasteiger partial charge in [-0.05, 0) is 55.5 Å². The van der Waals surface area contributed by atoms with E-state index in [9.17, 15) is 13.2 Å². The van der Waals surface area contributed by atoms with Crippen LogP contribution in [-0.2, 0) is 15.3 Å². The largest absolute Gasteiger partial charge is 0.335 e. The van der Waals surface area contributed by atoms with Gasteiger partial charge in [0, 0.05) is 48.2 Å². The average Bonchev–Trinajstić information content (AvgIpc) is 2.74. The zero-order valence-electron chi connectivity index (χ0n) is 17.5. The molecule has 1 heterocycles. The van der Waals surface area contributed by atoms with Crippen LogP contribution in [0.3, 0.4) is 0 Å². The Hall–Kier alpha value is -1.67. The molecule has 9 heteroatoms. The van der Waals surface area contributed by atoms with Crippen LogP contribution in [-0.4, -0.2) is 55.3 Å². The second-order valence-electron chi connectivity index (χ2n) is 8.10. The molecule has 2 N–H and O–H groups in total. The Bertz CT molecular complexity index is 979. The van der Waals surface area contributed by atoms with Gasteiger partial charge < -0.3 is 10.6 Å². The van der Waals surface area contributed by atoms with Gasteiger partial charge >= 0.3 is 0 Å². The van der Waals surface area contributed by atoms with E-state index >= 15 is 0 Å². The minimum Gasteiger partial charge on any atom is -0.335 e. The van der Waals surface area contributed by atoms with Crippen molar-refractivity contribution in [2.75, 3.05) is 25.1 Å². The van der Waals surface area contributed by atoms with E-state index in [1.807, 2.05) is 18.2 Å². The molecule has 1 amide bonds. The van der Waals surface area contributed by atoms with Crippen molar-refractivity contribution in [3.63, 3.8) is 0 Å². The van der Waals surface area contributed by atoms with E-state index in [2.05, 4.69) is 11.1 Å². The number of rotatable bonds is 7. The molecule has 0 atom stereocenters. The summed E-state index contributed by atoms with van der Waals surface area (Å²) in [4.78, 5) is 18.9. The van der Waals surface area contributed by atoms with Crippen LogP contribution in [0, 0.1) is 0 Å². The Labute approximate surface area is 195 Å². The summed E-state index contributed by atoms with van der Waals surface area (Å²) < 4.78 is 23.5. The summed E-state index contributed by atoms with van der Waals surface area (Å²) >= 11 is 6.20. The molecule has 0 radical (unpaired) electrons. The molecule has 1 saturated carbocycles. The van der Waals surface area contributed by atoms with Crippen molar-refractivity contribution < 1.29 is 13.2 Å². The highest BCUT2D eigenvalue weighted by molar-refractivity contribution is 7.90. The summed E-state index contributed by atoms with van der Waals surface area (Å²) in [5, 5.41) is 0.684. The van der Waals surface area contributed by atoms with Gasteiger partial charge in [0.2, 0.25) is 0 Å². The Morgan fingerprint density at radius 2 is 1.97 bits per heavy atom. The van der Waals surface area contributed by atoms with Gasteiger partial charge in [0.25, 0.3) is 5.91 Å². The van der Waals surface area contributed by atoms with Crippen LogP contribution in [0.4, 0.5) is 0 Å². The van der Waals surface area contributed by atoms with Gasteiger partial charge in [-0.1, -0.05) is 23.7 Å². The number of nitrogens with two attached hydrogens (primary N) is 1. The molecule has 0 aliphatic heterocycles. The minimum absolute atomic E-state index is 0. The summed E-state index contributed by atoms with van der Waals surface area (Å²) in [7, 11) is -3.19. The van der Waals surface area contributed by atoms with Crippen LogP contribution < -0.4 is 5.73 Å². The molecule has 0 unspecified atom stereocenters.